The fraction of sp³-hybridized carbons (Fsp3) is 0.429. The van der Waals surface area contributed by atoms with E-state index in [9.17, 15) is 20.1 Å². The van der Waals surface area contributed by atoms with Crippen molar-refractivity contribution in [3.8, 4) is 12.1 Å². The molecule has 2 aromatic rings. The van der Waals surface area contributed by atoms with Crippen LogP contribution in [0.3, 0.4) is 0 Å². The molecule has 0 saturated heterocycles. The van der Waals surface area contributed by atoms with Gasteiger partial charge in [0.1, 0.15) is 24.6 Å². The molecule has 10 nitrogen and oxygen atoms in total. The largest absolute Gasteiger partial charge is 0.450 e. The number of methoxy groups -OCH3 is 2. The number of rotatable bonds is 4. The summed E-state index contributed by atoms with van der Waals surface area (Å²) in [6.45, 7) is 3.37. The van der Waals surface area contributed by atoms with Gasteiger partial charge in [-0.2, -0.15) is 10.5 Å². The molecule has 4 bridgehead atoms. The Labute approximate surface area is 220 Å². The Kier molecular flexibility index (Phi) is 6.26. The lowest BCUT2D eigenvalue weighted by Crippen LogP contribution is -2.78. The molecule has 0 aromatic heterocycles. The number of amides is 2. The molecule has 0 unspecified atom stereocenters. The highest BCUT2D eigenvalue weighted by atomic mass is 16.6. The van der Waals surface area contributed by atoms with E-state index in [1.807, 2.05) is 24.3 Å². The van der Waals surface area contributed by atoms with Crippen molar-refractivity contribution in [2.45, 2.75) is 49.2 Å². The Morgan fingerprint density at radius 3 is 1.45 bits per heavy atom. The Balaban J connectivity index is 2.05. The summed E-state index contributed by atoms with van der Waals surface area (Å²) in [5.74, 6) is -1.19. The smallest absolute Gasteiger partial charge is 0.413 e. The predicted octanol–water partition coefficient (Wildman–Crippen LogP) is 3.89. The maximum atomic E-state index is 13.8. The standard InChI is InChI=1S/C28H28N4O6/c1-5-37-25(33)31-23(35-3)21-17-11-7-9-13-19(17)27(31,15-29)28(16-30)20-14-10-8-12-18(20)22(21)24(36-4)32(28)26(34)38-6-2/h7-14,21-24H,5-6H2,1-4H3/t21-,22+,23-,24+,27+,28-. The van der Waals surface area contributed by atoms with Crippen molar-refractivity contribution in [1.82, 2.24) is 9.80 Å². The van der Waals surface area contributed by atoms with Crippen LogP contribution in [-0.4, -0.2) is 61.9 Å². The van der Waals surface area contributed by atoms with E-state index in [4.69, 9.17) is 18.9 Å². The van der Waals surface area contributed by atoms with Crippen LogP contribution in [0.4, 0.5) is 9.59 Å². The van der Waals surface area contributed by atoms with Gasteiger partial charge in [0.15, 0.2) is 0 Å². The van der Waals surface area contributed by atoms with Crippen molar-refractivity contribution in [3.63, 3.8) is 0 Å². The molecule has 3 aliphatic rings. The lowest BCUT2D eigenvalue weighted by Gasteiger charge is -2.65. The Morgan fingerprint density at radius 2 is 1.13 bits per heavy atom. The zero-order valence-corrected chi connectivity index (χ0v) is 21.6. The number of nitriles is 2. The van der Waals surface area contributed by atoms with Crippen LogP contribution in [0.25, 0.3) is 0 Å². The van der Waals surface area contributed by atoms with E-state index in [0.29, 0.717) is 11.1 Å². The van der Waals surface area contributed by atoms with Crippen LogP contribution >= 0.6 is 0 Å². The van der Waals surface area contributed by atoms with Crippen LogP contribution in [0.2, 0.25) is 0 Å². The third-order valence-electron chi connectivity index (χ3n) is 7.91. The average molecular weight is 517 g/mol. The number of carbonyl (C=O) groups is 2. The minimum atomic E-state index is -2.10. The van der Waals surface area contributed by atoms with Crippen LogP contribution in [-0.2, 0) is 30.0 Å². The van der Waals surface area contributed by atoms with Gasteiger partial charge in [0.25, 0.3) is 0 Å². The number of hydrogen-bond donors (Lipinski definition) is 0. The summed E-state index contributed by atoms with van der Waals surface area (Å²) in [6, 6.07) is 19.0. The second-order valence-electron chi connectivity index (χ2n) is 9.26. The number of ether oxygens (including phenoxy) is 4. The molecule has 2 amide bonds. The van der Waals surface area contributed by atoms with Gasteiger partial charge >= 0.3 is 12.2 Å². The number of fused-ring (bicyclic) bond motifs is 2. The van der Waals surface area contributed by atoms with E-state index in [1.165, 1.54) is 24.0 Å². The number of carbonyl (C=O) groups excluding carboxylic acids is 2. The van der Waals surface area contributed by atoms with Gasteiger partial charge in [0, 0.05) is 26.1 Å². The lowest BCUT2D eigenvalue weighted by molar-refractivity contribution is -0.197. The van der Waals surface area contributed by atoms with Gasteiger partial charge in [0.2, 0.25) is 11.1 Å². The van der Waals surface area contributed by atoms with Crippen LogP contribution < -0.4 is 0 Å². The molecule has 0 fully saturated rings. The molecule has 0 saturated carbocycles. The van der Waals surface area contributed by atoms with Crippen molar-refractivity contribution in [2.24, 2.45) is 0 Å². The van der Waals surface area contributed by atoms with E-state index in [0.717, 1.165) is 11.1 Å². The summed E-state index contributed by atoms with van der Waals surface area (Å²) in [7, 11) is 2.90. The first-order valence-corrected chi connectivity index (χ1v) is 12.4. The summed E-state index contributed by atoms with van der Waals surface area (Å²) in [5, 5.41) is 22.5. The van der Waals surface area contributed by atoms with Gasteiger partial charge in [-0.1, -0.05) is 48.5 Å². The van der Waals surface area contributed by atoms with E-state index in [2.05, 4.69) is 12.1 Å². The van der Waals surface area contributed by atoms with Crippen LogP contribution in [0.5, 0.6) is 0 Å². The molecule has 0 spiro atoms. The van der Waals surface area contributed by atoms with Crippen molar-refractivity contribution in [3.05, 3.63) is 70.8 Å². The Bertz CT molecular complexity index is 1260. The number of nitrogens with zero attached hydrogens (tertiary/aromatic N) is 4. The van der Waals surface area contributed by atoms with Gasteiger partial charge in [0.05, 0.1) is 13.2 Å². The molecule has 1 aliphatic carbocycles. The second kappa shape index (κ2) is 9.32. The monoisotopic (exact) mass is 516 g/mol. The zero-order valence-electron chi connectivity index (χ0n) is 21.6. The number of hydrogen-bond acceptors (Lipinski definition) is 8. The Morgan fingerprint density at radius 1 is 0.763 bits per heavy atom. The molecular formula is C28H28N4O6. The summed E-state index contributed by atoms with van der Waals surface area (Å²) >= 11 is 0. The molecule has 38 heavy (non-hydrogen) atoms. The first-order chi connectivity index (χ1) is 18.4. The predicted molar refractivity (Wildman–Crippen MR) is 132 cm³/mol. The first-order valence-electron chi connectivity index (χ1n) is 12.4. The highest BCUT2D eigenvalue weighted by Gasteiger charge is 2.76. The third kappa shape index (κ3) is 2.87. The minimum Gasteiger partial charge on any atom is -0.450 e. The van der Waals surface area contributed by atoms with Gasteiger partial charge in [-0.15, -0.1) is 0 Å². The lowest BCUT2D eigenvalue weighted by atomic mass is 9.54. The molecule has 2 aliphatic heterocycles. The SMILES string of the molecule is CCOC(=O)N1[C@@H](OC)[C@H]2c3ccccc3[C@]1(C#N)[C@]1(C#N)c3ccccc3[C@H]2[C@@H](OC)N1C(=O)OCC. The van der Waals surface area contributed by atoms with E-state index < -0.39 is 47.6 Å². The molecule has 2 heterocycles. The molecular weight excluding hydrogens is 488 g/mol. The molecule has 0 N–H and O–H groups in total. The molecule has 5 rings (SSSR count). The van der Waals surface area contributed by atoms with Gasteiger partial charge in [-0.25, -0.2) is 9.59 Å². The maximum absolute atomic E-state index is 13.8. The molecule has 2 aromatic carbocycles. The second-order valence-corrected chi connectivity index (χ2v) is 9.26. The normalized spacial score (nSPS) is 30.3. The fourth-order valence-corrected chi connectivity index (χ4v) is 6.75. The highest BCUT2D eigenvalue weighted by Crippen LogP contribution is 2.66. The van der Waals surface area contributed by atoms with E-state index >= 15 is 0 Å². The first kappa shape index (κ1) is 25.5. The average Bonchev–Trinajstić information content (AvgIpc) is 2.93. The van der Waals surface area contributed by atoms with E-state index in [-0.39, 0.29) is 13.2 Å². The van der Waals surface area contributed by atoms with Crippen molar-refractivity contribution in [1.29, 1.82) is 10.5 Å². The van der Waals surface area contributed by atoms with Crippen molar-refractivity contribution >= 4 is 12.2 Å². The van der Waals surface area contributed by atoms with Gasteiger partial charge in [-0.3, -0.25) is 9.80 Å². The minimum absolute atomic E-state index is 0.0292. The maximum Gasteiger partial charge on any atom is 0.413 e. The highest BCUT2D eigenvalue weighted by molar-refractivity contribution is 5.79. The topological polar surface area (TPSA) is 125 Å². The third-order valence-corrected chi connectivity index (χ3v) is 7.91. The quantitative estimate of drug-likeness (QED) is 0.599. The van der Waals surface area contributed by atoms with Crippen LogP contribution in [0.1, 0.15) is 47.9 Å². The molecule has 0 radical (unpaired) electrons. The summed E-state index contributed by atoms with van der Waals surface area (Å²) in [4.78, 5) is 30.0. The summed E-state index contributed by atoms with van der Waals surface area (Å²) < 4.78 is 22.9. The molecule has 6 atom stereocenters. The van der Waals surface area contributed by atoms with Crippen LogP contribution in [0, 0.1) is 22.7 Å². The van der Waals surface area contributed by atoms with Crippen LogP contribution in [0.15, 0.2) is 48.5 Å². The van der Waals surface area contributed by atoms with Crippen molar-refractivity contribution < 1.29 is 28.5 Å². The summed E-state index contributed by atoms with van der Waals surface area (Å²) in [5.41, 5.74) is -1.92. The van der Waals surface area contributed by atoms with Gasteiger partial charge < -0.3 is 18.9 Å². The molecule has 10 heteroatoms. The van der Waals surface area contributed by atoms with E-state index in [1.54, 1.807) is 38.1 Å². The fourth-order valence-electron chi connectivity index (χ4n) is 6.75. The number of benzene rings is 2. The van der Waals surface area contributed by atoms with Gasteiger partial charge in [-0.05, 0) is 36.1 Å². The van der Waals surface area contributed by atoms with Crippen molar-refractivity contribution in [2.75, 3.05) is 27.4 Å². The Hall–Kier alpha value is -4.12. The summed E-state index contributed by atoms with van der Waals surface area (Å²) in [6.07, 6.45) is -3.70. The zero-order chi connectivity index (χ0) is 27.2. The molecule has 196 valence electrons.